The fourth-order valence-corrected chi connectivity index (χ4v) is 2.91. The lowest BCUT2D eigenvalue weighted by atomic mass is 9.91. The molecule has 2 aromatic carbocycles. The molecule has 1 atom stereocenters. The zero-order valence-electron chi connectivity index (χ0n) is 13.8. The van der Waals surface area contributed by atoms with E-state index in [0.717, 1.165) is 0 Å². The highest BCUT2D eigenvalue weighted by Gasteiger charge is 2.64. The van der Waals surface area contributed by atoms with Crippen LogP contribution in [0.3, 0.4) is 0 Å². The van der Waals surface area contributed by atoms with Crippen LogP contribution in [0.1, 0.15) is 12.6 Å². The number of hydrogen-bond donors (Lipinski definition) is 2. The normalized spacial score (nSPS) is 14.2. The number of benzene rings is 2. The van der Waals surface area contributed by atoms with Crippen LogP contribution in [0.2, 0.25) is 0 Å². The van der Waals surface area contributed by atoms with Gasteiger partial charge in [-0.05, 0) is 18.6 Å². The number of aromatic amines is 1. The lowest BCUT2D eigenvalue weighted by Crippen LogP contribution is -2.50. The van der Waals surface area contributed by atoms with Crippen molar-refractivity contribution in [3.05, 3.63) is 60.3 Å². The molecule has 0 aliphatic heterocycles. The molecule has 0 radical (unpaired) electrons. The maximum Gasteiger partial charge on any atom is 0.434 e. The van der Waals surface area contributed by atoms with Crippen molar-refractivity contribution in [3.8, 4) is 11.1 Å². The highest BCUT2D eigenvalue weighted by atomic mass is 19.4. The van der Waals surface area contributed by atoms with Crippen LogP contribution in [-0.4, -0.2) is 28.8 Å². The number of halogens is 3. The third-order valence-electron chi connectivity index (χ3n) is 4.11. The molecule has 2 N–H and O–H groups in total. The van der Waals surface area contributed by atoms with Crippen molar-refractivity contribution in [1.29, 1.82) is 0 Å². The summed E-state index contributed by atoms with van der Waals surface area (Å²) < 4.78 is 46.0. The molecule has 3 rings (SSSR count). The fraction of sp³-hybridized carbons (Fsp3) is 0.211. The van der Waals surface area contributed by atoms with Gasteiger partial charge in [-0.25, -0.2) is 4.79 Å². The number of fused-ring (bicyclic) bond motifs is 1. The van der Waals surface area contributed by atoms with Gasteiger partial charge < -0.3 is 14.8 Å². The van der Waals surface area contributed by atoms with Gasteiger partial charge in [0.15, 0.2) is 0 Å². The number of carbonyl (C=O) groups is 1. The van der Waals surface area contributed by atoms with Crippen molar-refractivity contribution < 1.29 is 27.8 Å². The Kier molecular flexibility index (Phi) is 4.50. The smallest absolute Gasteiger partial charge is 0.434 e. The third kappa shape index (κ3) is 2.74. The van der Waals surface area contributed by atoms with Gasteiger partial charge in [0, 0.05) is 16.5 Å². The zero-order valence-corrected chi connectivity index (χ0v) is 13.8. The number of H-pyrrole nitrogens is 1. The number of aliphatic hydroxyl groups is 1. The molecular weight excluding hydrogens is 347 g/mol. The van der Waals surface area contributed by atoms with E-state index in [1.807, 2.05) is 0 Å². The van der Waals surface area contributed by atoms with Crippen LogP contribution < -0.4 is 0 Å². The monoisotopic (exact) mass is 363 g/mol. The first-order valence-electron chi connectivity index (χ1n) is 7.93. The summed E-state index contributed by atoms with van der Waals surface area (Å²) in [4.78, 5) is 14.7. The molecule has 0 amide bonds. The van der Waals surface area contributed by atoms with Crippen LogP contribution in [-0.2, 0) is 15.1 Å². The Hall–Kier alpha value is -2.80. The Balaban J connectivity index is 2.37. The number of para-hydroxylation sites is 1. The van der Waals surface area contributed by atoms with Crippen molar-refractivity contribution in [3.63, 3.8) is 0 Å². The first kappa shape index (κ1) is 18.0. The molecule has 0 saturated heterocycles. The van der Waals surface area contributed by atoms with E-state index >= 15 is 0 Å². The molecule has 0 aliphatic rings. The summed E-state index contributed by atoms with van der Waals surface area (Å²) in [6.45, 7) is 1.08. The molecule has 7 heteroatoms. The minimum atomic E-state index is -5.27. The van der Waals surface area contributed by atoms with Gasteiger partial charge >= 0.3 is 12.1 Å². The average Bonchev–Trinajstić information content (AvgIpc) is 3.00. The van der Waals surface area contributed by atoms with Crippen LogP contribution in [0.5, 0.6) is 0 Å². The van der Waals surface area contributed by atoms with Crippen LogP contribution >= 0.6 is 0 Å². The van der Waals surface area contributed by atoms with Gasteiger partial charge in [-0.1, -0.05) is 48.5 Å². The number of rotatable bonds is 4. The molecule has 0 fully saturated rings. The van der Waals surface area contributed by atoms with Crippen molar-refractivity contribution >= 4 is 16.9 Å². The van der Waals surface area contributed by atoms with E-state index in [9.17, 15) is 23.1 Å². The summed E-state index contributed by atoms with van der Waals surface area (Å²) in [5, 5.41) is 11.0. The van der Waals surface area contributed by atoms with E-state index in [0.29, 0.717) is 16.5 Å². The minimum absolute atomic E-state index is 0.106. The van der Waals surface area contributed by atoms with Gasteiger partial charge in [-0.15, -0.1) is 0 Å². The maximum atomic E-state index is 13.8. The highest BCUT2D eigenvalue weighted by molar-refractivity contribution is 6.00. The summed E-state index contributed by atoms with van der Waals surface area (Å²) in [5.74, 6) is -1.77. The second kappa shape index (κ2) is 6.49. The minimum Gasteiger partial charge on any atom is -0.463 e. The predicted octanol–water partition coefficient (Wildman–Crippen LogP) is 4.15. The summed E-state index contributed by atoms with van der Waals surface area (Å²) in [7, 11) is 0. The fourth-order valence-electron chi connectivity index (χ4n) is 2.91. The Bertz CT molecular complexity index is 934. The maximum absolute atomic E-state index is 13.8. The SMILES string of the molecule is CCOC(=O)[C@](O)(c1[nH]c2ccccc2c1-c1ccccc1)C(F)(F)F. The van der Waals surface area contributed by atoms with Gasteiger partial charge in [0.05, 0.1) is 12.3 Å². The van der Waals surface area contributed by atoms with Crippen LogP contribution in [0, 0.1) is 0 Å². The molecule has 0 bridgehead atoms. The second-order valence-corrected chi connectivity index (χ2v) is 5.72. The van der Waals surface area contributed by atoms with Crippen LogP contribution in [0.25, 0.3) is 22.0 Å². The molecule has 136 valence electrons. The van der Waals surface area contributed by atoms with Gasteiger partial charge in [0.1, 0.15) is 0 Å². The van der Waals surface area contributed by atoms with Gasteiger partial charge in [-0.3, -0.25) is 0 Å². The Labute approximate surface area is 147 Å². The van der Waals surface area contributed by atoms with Crippen molar-refractivity contribution in [2.75, 3.05) is 6.61 Å². The summed E-state index contributed by atoms with van der Waals surface area (Å²) in [6.07, 6.45) is -5.27. The topological polar surface area (TPSA) is 62.3 Å². The predicted molar refractivity (Wildman–Crippen MR) is 90.3 cm³/mol. The van der Waals surface area contributed by atoms with E-state index in [4.69, 9.17) is 0 Å². The van der Waals surface area contributed by atoms with Crippen LogP contribution in [0.15, 0.2) is 54.6 Å². The van der Waals surface area contributed by atoms with Crippen molar-refractivity contribution in [2.24, 2.45) is 0 Å². The zero-order chi connectivity index (χ0) is 18.9. The van der Waals surface area contributed by atoms with Gasteiger partial charge in [0.2, 0.25) is 0 Å². The highest BCUT2D eigenvalue weighted by Crippen LogP contribution is 2.46. The number of nitrogens with one attached hydrogen (secondary N) is 1. The summed E-state index contributed by atoms with van der Waals surface area (Å²) in [6, 6.07) is 14.8. The number of hydrogen-bond acceptors (Lipinski definition) is 3. The van der Waals surface area contributed by atoms with Crippen LogP contribution in [0.4, 0.5) is 13.2 Å². The largest absolute Gasteiger partial charge is 0.463 e. The number of aromatic nitrogens is 1. The lowest BCUT2D eigenvalue weighted by Gasteiger charge is -2.28. The number of esters is 1. The standard InChI is InChI=1S/C19H16F3NO3/c1-2-26-17(24)18(25,19(20,21)22)16-15(12-8-4-3-5-9-12)13-10-6-7-11-14(13)23-16/h3-11,23,25H,2H2,1H3/t18-/m1/s1. The quantitative estimate of drug-likeness (QED) is 0.685. The van der Waals surface area contributed by atoms with E-state index in [1.165, 1.54) is 6.92 Å². The molecule has 26 heavy (non-hydrogen) atoms. The number of alkyl halides is 3. The van der Waals surface area contributed by atoms with Gasteiger partial charge in [0.25, 0.3) is 5.60 Å². The lowest BCUT2D eigenvalue weighted by molar-refractivity contribution is -0.268. The third-order valence-corrected chi connectivity index (χ3v) is 4.11. The Morgan fingerprint density at radius 2 is 1.69 bits per heavy atom. The van der Waals surface area contributed by atoms with E-state index in [1.54, 1.807) is 54.6 Å². The molecule has 0 unspecified atom stereocenters. The molecule has 0 aliphatic carbocycles. The number of ether oxygens (including phenoxy) is 1. The molecular formula is C19H16F3NO3. The first-order valence-corrected chi connectivity index (χ1v) is 7.93. The molecule has 1 aromatic heterocycles. The molecule has 3 aromatic rings. The van der Waals surface area contributed by atoms with E-state index in [2.05, 4.69) is 9.72 Å². The molecule has 1 heterocycles. The number of carbonyl (C=O) groups excluding carboxylic acids is 1. The van der Waals surface area contributed by atoms with Crippen molar-refractivity contribution in [2.45, 2.75) is 18.7 Å². The summed E-state index contributed by atoms with van der Waals surface area (Å²) in [5.41, 5.74) is -3.56. The molecule has 0 saturated carbocycles. The molecule has 4 nitrogen and oxygen atoms in total. The van der Waals surface area contributed by atoms with E-state index in [-0.39, 0.29) is 12.2 Å². The second-order valence-electron chi connectivity index (χ2n) is 5.72. The molecule has 0 spiro atoms. The summed E-state index contributed by atoms with van der Waals surface area (Å²) >= 11 is 0. The van der Waals surface area contributed by atoms with E-state index < -0.39 is 23.4 Å². The van der Waals surface area contributed by atoms with Gasteiger partial charge in [-0.2, -0.15) is 13.2 Å². The average molecular weight is 363 g/mol. The Morgan fingerprint density at radius 3 is 2.31 bits per heavy atom. The first-order chi connectivity index (χ1) is 12.3. The Morgan fingerprint density at radius 1 is 1.08 bits per heavy atom. The van der Waals surface area contributed by atoms with Crippen molar-refractivity contribution in [1.82, 2.24) is 4.98 Å².